The zero-order valence-electron chi connectivity index (χ0n) is 12.0. The van der Waals surface area contributed by atoms with Crippen LogP contribution < -0.4 is 11.1 Å². The summed E-state index contributed by atoms with van der Waals surface area (Å²) >= 11 is 5.81. The van der Waals surface area contributed by atoms with Crippen molar-refractivity contribution in [3.05, 3.63) is 29.3 Å². The van der Waals surface area contributed by atoms with Crippen molar-refractivity contribution in [1.82, 2.24) is 4.90 Å². The van der Waals surface area contributed by atoms with E-state index >= 15 is 0 Å². The molecule has 0 aromatic heterocycles. The largest absolute Gasteiger partial charge is 0.369 e. The summed E-state index contributed by atoms with van der Waals surface area (Å²) in [6, 6.07) is 6.67. The lowest BCUT2D eigenvalue weighted by Crippen LogP contribution is -2.49. The monoisotopic (exact) mass is 309 g/mol. The Kier molecular flexibility index (Phi) is 5.20. The van der Waals surface area contributed by atoms with Crippen LogP contribution in [0.3, 0.4) is 0 Å². The topological polar surface area (TPSA) is 75.4 Å². The second-order valence-corrected chi connectivity index (χ2v) is 5.85. The molecule has 6 heteroatoms. The fourth-order valence-corrected chi connectivity index (χ4v) is 2.66. The number of amides is 2. The number of primary amides is 1. The Labute approximate surface area is 129 Å². The summed E-state index contributed by atoms with van der Waals surface area (Å²) in [6.45, 7) is 3.19. The lowest BCUT2D eigenvalue weighted by molar-refractivity contribution is -0.127. The summed E-state index contributed by atoms with van der Waals surface area (Å²) in [5.74, 6) is -0.544. The van der Waals surface area contributed by atoms with E-state index in [1.807, 2.05) is 11.8 Å². The molecule has 0 spiro atoms. The van der Waals surface area contributed by atoms with Gasteiger partial charge in [0.2, 0.25) is 11.8 Å². The Morgan fingerprint density at radius 2 is 2.05 bits per heavy atom. The number of halogens is 1. The lowest BCUT2D eigenvalue weighted by Gasteiger charge is -2.34. The molecule has 5 nitrogen and oxygen atoms in total. The highest BCUT2D eigenvalue weighted by Gasteiger charge is 2.29. The van der Waals surface area contributed by atoms with Crippen molar-refractivity contribution in [1.29, 1.82) is 0 Å². The van der Waals surface area contributed by atoms with Gasteiger partial charge in [-0.2, -0.15) is 0 Å². The summed E-state index contributed by atoms with van der Waals surface area (Å²) in [4.78, 5) is 25.6. The van der Waals surface area contributed by atoms with Crippen molar-refractivity contribution in [3.8, 4) is 0 Å². The summed E-state index contributed by atoms with van der Waals surface area (Å²) in [7, 11) is 0. The van der Waals surface area contributed by atoms with Gasteiger partial charge < -0.3 is 11.1 Å². The lowest BCUT2D eigenvalue weighted by atomic mass is 9.96. The SMILES string of the molecule is C[C@@H](C(=O)Nc1ccc(Cl)cc1)N1CCC[C@H](C(N)=O)C1. The summed E-state index contributed by atoms with van der Waals surface area (Å²) in [5, 5.41) is 3.48. The minimum Gasteiger partial charge on any atom is -0.369 e. The van der Waals surface area contributed by atoms with E-state index < -0.39 is 0 Å². The molecular formula is C15H20ClN3O2. The third-order valence-electron chi connectivity index (χ3n) is 3.89. The highest BCUT2D eigenvalue weighted by molar-refractivity contribution is 6.30. The van der Waals surface area contributed by atoms with E-state index in [1.165, 1.54) is 0 Å². The van der Waals surface area contributed by atoms with Gasteiger partial charge in [-0.1, -0.05) is 11.6 Å². The molecule has 0 bridgehead atoms. The smallest absolute Gasteiger partial charge is 0.241 e. The van der Waals surface area contributed by atoms with Crippen molar-refractivity contribution in [2.75, 3.05) is 18.4 Å². The number of hydrogen-bond acceptors (Lipinski definition) is 3. The first-order valence-corrected chi connectivity index (χ1v) is 7.45. The Bertz CT molecular complexity index is 518. The van der Waals surface area contributed by atoms with Crippen LogP contribution in [0.4, 0.5) is 5.69 Å². The van der Waals surface area contributed by atoms with Crippen molar-refractivity contribution in [3.63, 3.8) is 0 Å². The molecule has 2 atom stereocenters. The van der Waals surface area contributed by atoms with Gasteiger partial charge in [-0.25, -0.2) is 0 Å². The van der Waals surface area contributed by atoms with Gasteiger partial charge in [-0.3, -0.25) is 14.5 Å². The van der Waals surface area contributed by atoms with Crippen LogP contribution in [-0.4, -0.2) is 35.8 Å². The van der Waals surface area contributed by atoms with Gasteiger partial charge in [-0.15, -0.1) is 0 Å². The number of nitrogens with zero attached hydrogens (tertiary/aromatic N) is 1. The highest BCUT2D eigenvalue weighted by atomic mass is 35.5. The average Bonchev–Trinajstić information content (AvgIpc) is 2.49. The van der Waals surface area contributed by atoms with Crippen molar-refractivity contribution in [2.24, 2.45) is 11.7 Å². The number of nitrogens with two attached hydrogens (primary N) is 1. The number of carbonyl (C=O) groups is 2. The number of carbonyl (C=O) groups excluding carboxylic acids is 2. The maximum Gasteiger partial charge on any atom is 0.241 e. The van der Waals surface area contributed by atoms with Gasteiger partial charge in [0, 0.05) is 17.3 Å². The van der Waals surface area contributed by atoms with Crippen LogP contribution in [0, 0.1) is 5.92 Å². The van der Waals surface area contributed by atoms with Crippen LogP contribution in [0.15, 0.2) is 24.3 Å². The molecule has 0 radical (unpaired) electrons. The van der Waals surface area contributed by atoms with Gasteiger partial charge in [-0.05, 0) is 50.6 Å². The van der Waals surface area contributed by atoms with Crippen LogP contribution in [-0.2, 0) is 9.59 Å². The van der Waals surface area contributed by atoms with Gasteiger partial charge >= 0.3 is 0 Å². The normalized spacial score (nSPS) is 20.8. The quantitative estimate of drug-likeness (QED) is 0.891. The predicted molar refractivity (Wildman–Crippen MR) is 83.0 cm³/mol. The molecule has 2 rings (SSSR count). The maximum atomic E-state index is 12.3. The van der Waals surface area contributed by atoms with E-state index in [-0.39, 0.29) is 23.8 Å². The molecule has 1 heterocycles. The summed E-state index contributed by atoms with van der Waals surface area (Å²) in [6.07, 6.45) is 1.68. The molecule has 0 unspecified atom stereocenters. The van der Waals surface area contributed by atoms with Crippen LogP contribution >= 0.6 is 11.6 Å². The first kappa shape index (κ1) is 15.8. The standard InChI is InChI=1S/C15H20ClN3O2/c1-10(19-8-2-3-11(9-19)14(17)20)15(21)18-13-6-4-12(16)5-7-13/h4-7,10-11H,2-3,8-9H2,1H3,(H2,17,20)(H,18,21)/t10-,11-/m0/s1. The molecule has 2 amide bonds. The van der Waals surface area contributed by atoms with E-state index in [4.69, 9.17) is 17.3 Å². The Morgan fingerprint density at radius 3 is 2.67 bits per heavy atom. The molecule has 3 N–H and O–H groups in total. The minimum atomic E-state index is -0.303. The van der Waals surface area contributed by atoms with E-state index in [0.717, 1.165) is 19.4 Å². The zero-order chi connectivity index (χ0) is 15.4. The van der Waals surface area contributed by atoms with Gasteiger partial charge in [0.15, 0.2) is 0 Å². The molecule has 1 fully saturated rings. The van der Waals surface area contributed by atoms with E-state index in [9.17, 15) is 9.59 Å². The zero-order valence-corrected chi connectivity index (χ0v) is 12.8. The molecule has 114 valence electrons. The van der Waals surface area contributed by atoms with E-state index in [2.05, 4.69) is 5.32 Å². The molecule has 1 aliphatic rings. The molecule has 1 aliphatic heterocycles. The van der Waals surface area contributed by atoms with Gasteiger partial charge in [0.05, 0.1) is 12.0 Å². The summed E-state index contributed by atoms with van der Waals surface area (Å²) < 4.78 is 0. The number of nitrogens with one attached hydrogen (secondary N) is 1. The molecule has 1 aromatic rings. The average molecular weight is 310 g/mol. The van der Waals surface area contributed by atoms with Crippen LogP contribution in [0.5, 0.6) is 0 Å². The summed E-state index contributed by atoms with van der Waals surface area (Å²) in [5.41, 5.74) is 6.07. The first-order valence-electron chi connectivity index (χ1n) is 7.07. The van der Waals surface area contributed by atoms with E-state index in [1.54, 1.807) is 24.3 Å². The van der Waals surface area contributed by atoms with Crippen LogP contribution in [0.25, 0.3) is 0 Å². The molecule has 1 saturated heterocycles. The second-order valence-electron chi connectivity index (χ2n) is 5.41. The van der Waals surface area contributed by atoms with Gasteiger partial charge in [0.25, 0.3) is 0 Å². The fraction of sp³-hybridized carbons (Fsp3) is 0.467. The van der Waals surface area contributed by atoms with Crippen LogP contribution in [0.1, 0.15) is 19.8 Å². The molecule has 0 saturated carbocycles. The molecule has 21 heavy (non-hydrogen) atoms. The third kappa shape index (κ3) is 4.19. The minimum absolute atomic E-state index is 0.0950. The number of anilines is 1. The van der Waals surface area contributed by atoms with Crippen molar-refractivity contribution >= 4 is 29.1 Å². The highest BCUT2D eigenvalue weighted by Crippen LogP contribution is 2.19. The molecule has 0 aliphatic carbocycles. The Morgan fingerprint density at radius 1 is 1.38 bits per heavy atom. The predicted octanol–water partition coefficient (Wildman–Crippen LogP) is 1.86. The van der Waals surface area contributed by atoms with E-state index in [0.29, 0.717) is 17.3 Å². The second kappa shape index (κ2) is 6.91. The molecular weight excluding hydrogens is 290 g/mol. The fourth-order valence-electron chi connectivity index (χ4n) is 2.54. The Hall–Kier alpha value is -1.59. The van der Waals surface area contributed by atoms with Gasteiger partial charge in [0.1, 0.15) is 0 Å². The number of hydrogen-bond donors (Lipinski definition) is 2. The Balaban J connectivity index is 1.95. The number of rotatable bonds is 4. The van der Waals surface area contributed by atoms with Crippen LogP contribution in [0.2, 0.25) is 5.02 Å². The third-order valence-corrected chi connectivity index (χ3v) is 4.15. The molecule has 1 aromatic carbocycles. The maximum absolute atomic E-state index is 12.3. The van der Waals surface area contributed by atoms with Crippen molar-refractivity contribution in [2.45, 2.75) is 25.8 Å². The number of likely N-dealkylation sites (tertiary alicyclic amines) is 1. The number of piperidine rings is 1. The number of benzene rings is 1. The first-order chi connectivity index (χ1) is 9.97. The van der Waals surface area contributed by atoms with Crippen molar-refractivity contribution < 1.29 is 9.59 Å².